The van der Waals surface area contributed by atoms with Gasteiger partial charge in [0.05, 0.1) is 0 Å². The lowest BCUT2D eigenvalue weighted by molar-refractivity contribution is 0.478. The van der Waals surface area contributed by atoms with E-state index in [2.05, 4.69) is 5.32 Å². The van der Waals surface area contributed by atoms with Crippen molar-refractivity contribution in [1.29, 1.82) is 0 Å². The van der Waals surface area contributed by atoms with Crippen molar-refractivity contribution in [3.63, 3.8) is 0 Å². The number of nitrogens with one attached hydrogen (secondary N) is 1. The van der Waals surface area contributed by atoms with Crippen molar-refractivity contribution in [3.8, 4) is 0 Å². The van der Waals surface area contributed by atoms with Gasteiger partial charge in [-0.1, -0.05) is 12.1 Å². The maximum Gasteiger partial charge on any atom is 0.163 e. The minimum absolute atomic E-state index is 0.171. The number of rotatable bonds is 2. The van der Waals surface area contributed by atoms with Crippen LogP contribution < -0.4 is 5.32 Å². The average Bonchev–Trinajstić information content (AvgIpc) is 2.13. The summed E-state index contributed by atoms with van der Waals surface area (Å²) >= 11 is 0. The van der Waals surface area contributed by atoms with E-state index in [1.54, 1.807) is 33.0 Å². The van der Waals surface area contributed by atoms with Gasteiger partial charge >= 0.3 is 0 Å². The molecule has 0 heterocycles. The van der Waals surface area contributed by atoms with Gasteiger partial charge in [0, 0.05) is 11.6 Å². The van der Waals surface area contributed by atoms with Crippen LogP contribution in [0.5, 0.6) is 0 Å². The highest BCUT2D eigenvalue weighted by Crippen LogP contribution is 2.20. The van der Waals surface area contributed by atoms with E-state index in [4.69, 9.17) is 0 Å². The normalized spacial score (nSPS) is 13.0. The minimum Gasteiger partial charge on any atom is -0.313 e. The van der Waals surface area contributed by atoms with E-state index in [-0.39, 0.29) is 6.04 Å². The molecule has 1 aromatic carbocycles. The van der Waals surface area contributed by atoms with Crippen molar-refractivity contribution in [1.82, 2.24) is 5.32 Å². The van der Waals surface area contributed by atoms with Crippen LogP contribution in [0.1, 0.15) is 24.1 Å². The zero-order valence-electron chi connectivity index (χ0n) is 7.99. The van der Waals surface area contributed by atoms with Crippen LogP contribution in [0.15, 0.2) is 12.1 Å². The zero-order valence-corrected chi connectivity index (χ0v) is 7.99. The van der Waals surface area contributed by atoms with Crippen molar-refractivity contribution in [2.24, 2.45) is 0 Å². The molecule has 1 rings (SSSR count). The lowest BCUT2D eigenvalue weighted by atomic mass is 10.1. The van der Waals surface area contributed by atoms with Crippen molar-refractivity contribution in [3.05, 3.63) is 34.9 Å². The third kappa shape index (κ3) is 1.86. The van der Waals surface area contributed by atoms with Gasteiger partial charge in [0.15, 0.2) is 11.6 Å². The molecule has 0 amide bonds. The molecule has 72 valence electrons. The van der Waals surface area contributed by atoms with Gasteiger partial charge in [-0.3, -0.25) is 0 Å². The first-order valence-corrected chi connectivity index (χ1v) is 4.19. The van der Waals surface area contributed by atoms with Gasteiger partial charge in [0.25, 0.3) is 0 Å². The molecule has 0 bridgehead atoms. The molecule has 0 aromatic heterocycles. The molecule has 0 aliphatic carbocycles. The fraction of sp³-hybridized carbons (Fsp3) is 0.400. The molecule has 1 aromatic rings. The summed E-state index contributed by atoms with van der Waals surface area (Å²) in [7, 11) is 1.71. The first-order valence-electron chi connectivity index (χ1n) is 4.19. The van der Waals surface area contributed by atoms with Crippen LogP contribution in [0.25, 0.3) is 0 Å². The van der Waals surface area contributed by atoms with Crippen LogP contribution in [0.2, 0.25) is 0 Å². The van der Waals surface area contributed by atoms with Crippen molar-refractivity contribution >= 4 is 0 Å². The van der Waals surface area contributed by atoms with Crippen LogP contribution in [-0.4, -0.2) is 7.05 Å². The quantitative estimate of drug-likeness (QED) is 0.746. The molecule has 0 radical (unpaired) electrons. The second-order valence-corrected chi connectivity index (χ2v) is 3.11. The molecule has 0 unspecified atom stereocenters. The number of hydrogen-bond acceptors (Lipinski definition) is 1. The van der Waals surface area contributed by atoms with E-state index in [0.717, 1.165) is 0 Å². The van der Waals surface area contributed by atoms with Gasteiger partial charge in [0.2, 0.25) is 0 Å². The van der Waals surface area contributed by atoms with Crippen LogP contribution in [0.4, 0.5) is 8.78 Å². The summed E-state index contributed by atoms with van der Waals surface area (Å²) < 4.78 is 26.4. The Labute approximate surface area is 76.8 Å². The maximum atomic E-state index is 13.3. The fourth-order valence-corrected chi connectivity index (χ4v) is 1.15. The smallest absolute Gasteiger partial charge is 0.163 e. The summed E-state index contributed by atoms with van der Waals surface area (Å²) in [5.74, 6) is -1.50. The molecule has 13 heavy (non-hydrogen) atoms. The van der Waals surface area contributed by atoms with E-state index >= 15 is 0 Å². The molecule has 0 spiro atoms. The Kier molecular flexibility index (Phi) is 2.98. The van der Waals surface area contributed by atoms with Gasteiger partial charge in [0.1, 0.15) is 0 Å². The van der Waals surface area contributed by atoms with Gasteiger partial charge < -0.3 is 5.32 Å². The second-order valence-electron chi connectivity index (χ2n) is 3.11. The summed E-state index contributed by atoms with van der Waals surface area (Å²) in [6.07, 6.45) is 0. The van der Waals surface area contributed by atoms with Gasteiger partial charge in [-0.15, -0.1) is 0 Å². The minimum atomic E-state index is -0.750. The summed E-state index contributed by atoms with van der Waals surface area (Å²) in [5.41, 5.74) is 0.704. The molecule has 1 atom stereocenters. The molecular weight excluding hydrogens is 172 g/mol. The Morgan fingerprint density at radius 1 is 1.23 bits per heavy atom. The van der Waals surface area contributed by atoms with Crippen LogP contribution in [0.3, 0.4) is 0 Å². The van der Waals surface area contributed by atoms with E-state index < -0.39 is 11.6 Å². The van der Waals surface area contributed by atoms with Gasteiger partial charge in [-0.2, -0.15) is 0 Å². The summed E-state index contributed by atoms with van der Waals surface area (Å²) in [6, 6.07) is 3.02. The average molecular weight is 185 g/mol. The molecule has 0 fully saturated rings. The molecular formula is C10H13F2N. The lowest BCUT2D eigenvalue weighted by Crippen LogP contribution is -2.14. The Morgan fingerprint density at radius 3 is 2.38 bits per heavy atom. The highest BCUT2D eigenvalue weighted by atomic mass is 19.2. The molecule has 3 heteroatoms. The first kappa shape index (κ1) is 10.1. The second kappa shape index (κ2) is 3.83. The maximum absolute atomic E-state index is 13.3. The van der Waals surface area contributed by atoms with Crippen LogP contribution in [0, 0.1) is 18.6 Å². The van der Waals surface area contributed by atoms with Crippen molar-refractivity contribution in [2.75, 3.05) is 7.05 Å². The molecule has 0 saturated carbocycles. The summed E-state index contributed by atoms with van der Waals surface area (Å²) in [4.78, 5) is 0. The summed E-state index contributed by atoms with van der Waals surface area (Å²) in [5, 5.41) is 2.86. The first-order chi connectivity index (χ1) is 6.07. The SMILES string of the molecule is CN[C@@H](C)c1ccc(C)c(F)c1F. The van der Waals surface area contributed by atoms with Crippen LogP contribution >= 0.6 is 0 Å². The Morgan fingerprint density at radius 2 is 1.85 bits per heavy atom. The van der Waals surface area contributed by atoms with E-state index in [9.17, 15) is 8.78 Å². The van der Waals surface area contributed by atoms with E-state index in [0.29, 0.717) is 11.1 Å². The molecule has 0 aliphatic rings. The van der Waals surface area contributed by atoms with Gasteiger partial charge in [-0.05, 0) is 26.5 Å². The predicted molar refractivity (Wildman–Crippen MR) is 48.6 cm³/mol. The third-order valence-electron chi connectivity index (χ3n) is 2.20. The number of halogens is 2. The zero-order chi connectivity index (χ0) is 10.0. The number of aryl methyl sites for hydroxylation is 1. The van der Waals surface area contributed by atoms with Gasteiger partial charge in [-0.25, -0.2) is 8.78 Å². The molecule has 0 aliphatic heterocycles. The Hall–Kier alpha value is -0.960. The molecule has 0 saturated heterocycles. The van der Waals surface area contributed by atoms with Crippen molar-refractivity contribution in [2.45, 2.75) is 19.9 Å². The van der Waals surface area contributed by atoms with E-state index in [1.807, 2.05) is 0 Å². The Bertz CT molecular complexity index is 310. The highest BCUT2D eigenvalue weighted by Gasteiger charge is 2.14. The number of hydrogen-bond donors (Lipinski definition) is 1. The third-order valence-corrected chi connectivity index (χ3v) is 2.20. The number of benzene rings is 1. The van der Waals surface area contributed by atoms with Crippen molar-refractivity contribution < 1.29 is 8.78 Å². The van der Waals surface area contributed by atoms with E-state index in [1.165, 1.54) is 0 Å². The largest absolute Gasteiger partial charge is 0.313 e. The predicted octanol–water partition coefficient (Wildman–Crippen LogP) is 2.55. The molecule has 1 nitrogen and oxygen atoms in total. The standard InChI is InChI=1S/C10H13F2N/c1-6-4-5-8(7(2)13-3)10(12)9(6)11/h4-5,7,13H,1-3H3/t7-/m0/s1. The highest BCUT2D eigenvalue weighted by molar-refractivity contribution is 5.27. The summed E-state index contributed by atoms with van der Waals surface area (Å²) in [6.45, 7) is 3.33. The Balaban J connectivity index is 3.18. The van der Waals surface area contributed by atoms with Crippen LogP contribution in [-0.2, 0) is 0 Å². The fourth-order valence-electron chi connectivity index (χ4n) is 1.15. The lowest BCUT2D eigenvalue weighted by Gasteiger charge is -2.12. The monoisotopic (exact) mass is 185 g/mol. The topological polar surface area (TPSA) is 12.0 Å². The molecule has 1 N–H and O–H groups in total.